The zero-order valence-corrected chi connectivity index (χ0v) is 14.6. The molecule has 0 saturated heterocycles. The lowest BCUT2D eigenvalue weighted by Gasteiger charge is -2.12. The molecule has 0 heteroatoms. The molecular weight excluding hydrogens is 288 g/mol. The van der Waals surface area contributed by atoms with Crippen LogP contribution in [0.5, 0.6) is 0 Å². The van der Waals surface area contributed by atoms with Crippen molar-refractivity contribution in [3.8, 4) is 0 Å². The van der Waals surface area contributed by atoms with Crippen LogP contribution < -0.4 is 0 Å². The van der Waals surface area contributed by atoms with E-state index in [0.29, 0.717) is 0 Å². The molecular formula is C24H26. The van der Waals surface area contributed by atoms with Gasteiger partial charge in [0.1, 0.15) is 0 Å². The molecule has 0 amide bonds. The molecule has 122 valence electrons. The van der Waals surface area contributed by atoms with E-state index in [2.05, 4.69) is 61.5 Å². The fraction of sp³-hybridized carbons (Fsp3) is 0.333. The van der Waals surface area contributed by atoms with Gasteiger partial charge in [-0.25, -0.2) is 0 Å². The standard InChI is InChI=1S/C24H26/c1-2-3-4-5-6-7-9-18-16-21-14-12-19-10-8-11-20-13-15-22(17-18)24(21)23(19)20/h8,10-17H,2-7,9H2,1H3. The average Bonchev–Trinajstić information content (AvgIpc) is 2.62. The van der Waals surface area contributed by atoms with Crippen LogP contribution in [-0.4, -0.2) is 0 Å². The Bertz CT molecular complexity index is 884. The molecule has 0 aromatic heterocycles. The van der Waals surface area contributed by atoms with E-state index in [1.54, 1.807) is 0 Å². The van der Waals surface area contributed by atoms with Crippen LogP contribution in [0.15, 0.2) is 54.6 Å². The summed E-state index contributed by atoms with van der Waals surface area (Å²) in [6.45, 7) is 2.28. The van der Waals surface area contributed by atoms with Crippen molar-refractivity contribution in [2.75, 3.05) is 0 Å². The third-order valence-electron chi connectivity index (χ3n) is 5.34. The maximum absolute atomic E-state index is 2.42. The van der Waals surface area contributed by atoms with E-state index in [0.717, 1.165) is 0 Å². The molecule has 0 fully saturated rings. The normalized spacial score (nSPS) is 11.9. The summed E-state index contributed by atoms with van der Waals surface area (Å²) in [5.41, 5.74) is 1.50. The summed E-state index contributed by atoms with van der Waals surface area (Å²) in [7, 11) is 0. The highest BCUT2D eigenvalue weighted by Crippen LogP contribution is 2.35. The fourth-order valence-corrected chi connectivity index (χ4v) is 4.07. The van der Waals surface area contributed by atoms with Gasteiger partial charge in [0.25, 0.3) is 0 Å². The molecule has 0 aliphatic carbocycles. The van der Waals surface area contributed by atoms with Gasteiger partial charge in [0.15, 0.2) is 0 Å². The Balaban J connectivity index is 1.62. The molecule has 0 radical (unpaired) electrons. The van der Waals surface area contributed by atoms with Crippen LogP contribution in [0.25, 0.3) is 32.3 Å². The van der Waals surface area contributed by atoms with Gasteiger partial charge in [0.2, 0.25) is 0 Å². The number of aryl methyl sites for hydroxylation is 1. The van der Waals surface area contributed by atoms with Crippen molar-refractivity contribution >= 4 is 32.3 Å². The first-order valence-electron chi connectivity index (χ1n) is 9.53. The number of hydrogen-bond donors (Lipinski definition) is 0. The first kappa shape index (κ1) is 15.4. The lowest BCUT2D eigenvalue weighted by atomic mass is 9.92. The van der Waals surface area contributed by atoms with Crippen LogP contribution >= 0.6 is 0 Å². The molecule has 4 aromatic rings. The van der Waals surface area contributed by atoms with Crippen molar-refractivity contribution in [3.05, 3.63) is 60.2 Å². The molecule has 4 aromatic carbocycles. The van der Waals surface area contributed by atoms with Gasteiger partial charge in [-0.15, -0.1) is 0 Å². The number of unbranched alkanes of at least 4 members (excludes halogenated alkanes) is 5. The van der Waals surface area contributed by atoms with Crippen molar-refractivity contribution in [1.29, 1.82) is 0 Å². The average molecular weight is 314 g/mol. The minimum atomic E-state index is 1.21. The summed E-state index contributed by atoms with van der Waals surface area (Å²) in [6.07, 6.45) is 9.40. The second-order valence-electron chi connectivity index (χ2n) is 7.15. The molecule has 0 aliphatic heterocycles. The third-order valence-corrected chi connectivity index (χ3v) is 5.34. The predicted molar refractivity (Wildman–Crippen MR) is 107 cm³/mol. The lowest BCUT2D eigenvalue weighted by Crippen LogP contribution is -1.89. The molecule has 0 heterocycles. The van der Waals surface area contributed by atoms with E-state index in [1.807, 2.05) is 0 Å². The Morgan fingerprint density at radius 2 is 1.12 bits per heavy atom. The van der Waals surface area contributed by atoms with Crippen LogP contribution in [0.1, 0.15) is 51.0 Å². The van der Waals surface area contributed by atoms with Crippen molar-refractivity contribution in [3.63, 3.8) is 0 Å². The minimum absolute atomic E-state index is 1.21. The maximum atomic E-state index is 2.42. The molecule has 0 atom stereocenters. The first-order valence-corrected chi connectivity index (χ1v) is 9.53. The molecule has 0 bridgehead atoms. The van der Waals surface area contributed by atoms with Crippen LogP contribution in [-0.2, 0) is 6.42 Å². The van der Waals surface area contributed by atoms with Crippen LogP contribution in [0.3, 0.4) is 0 Å². The van der Waals surface area contributed by atoms with Crippen LogP contribution in [0.2, 0.25) is 0 Å². The van der Waals surface area contributed by atoms with Crippen molar-refractivity contribution in [1.82, 2.24) is 0 Å². The van der Waals surface area contributed by atoms with Crippen molar-refractivity contribution < 1.29 is 0 Å². The van der Waals surface area contributed by atoms with Crippen LogP contribution in [0, 0.1) is 0 Å². The monoisotopic (exact) mass is 314 g/mol. The molecule has 0 saturated carbocycles. The number of rotatable bonds is 7. The molecule has 0 nitrogen and oxygen atoms in total. The summed E-state index contributed by atoms with van der Waals surface area (Å²) in [5, 5.41) is 8.38. The highest BCUT2D eigenvalue weighted by atomic mass is 14.1. The van der Waals surface area contributed by atoms with E-state index < -0.39 is 0 Å². The highest BCUT2D eigenvalue weighted by molar-refractivity contribution is 6.23. The number of benzene rings is 4. The van der Waals surface area contributed by atoms with E-state index in [9.17, 15) is 0 Å². The summed E-state index contributed by atoms with van der Waals surface area (Å²) >= 11 is 0. The van der Waals surface area contributed by atoms with Gasteiger partial charge in [-0.05, 0) is 50.7 Å². The maximum Gasteiger partial charge on any atom is -0.00266 e. The second-order valence-corrected chi connectivity index (χ2v) is 7.15. The summed E-state index contributed by atoms with van der Waals surface area (Å²) in [6, 6.07) is 20.6. The Labute approximate surface area is 144 Å². The fourth-order valence-electron chi connectivity index (χ4n) is 4.07. The number of hydrogen-bond acceptors (Lipinski definition) is 0. The van der Waals surface area contributed by atoms with Gasteiger partial charge in [0.05, 0.1) is 0 Å². The zero-order valence-electron chi connectivity index (χ0n) is 14.6. The topological polar surface area (TPSA) is 0 Å². The van der Waals surface area contributed by atoms with Crippen LogP contribution in [0.4, 0.5) is 0 Å². The Kier molecular flexibility index (Phi) is 4.38. The van der Waals surface area contributed by atoms with Crippen molar-refractivity contribution in [2.45, 2.75) is 51.9 Å². The van der Waals surface area contributed by atoms with Gasteiger partial charge >= 0.3 is 0 Å². The minimum Gasteiger partial charge on any atom is -0.0654 e. The predicted octanol–water partition coefficient (Wildman–Crippen LogP) is 7.49. The third kappa shape index (κ3) is 2.86. The second kappa shape index (κ2) is 6.81. The first-order chi connectivity index (χ1) is 11.9. The summed E-state index contributed by atoms with van der Waals surface area (Å²) in [4.78, 5) is 0. The summed E-state index contributed by atoms with van der Waals surface area (Å²) < 4.78 is 0. The highest BCUT2D eigenvalue weighted by Gasteiger charge is 2.08. The quantitative estimate of drug-likeness (QED) is 0.245. The van der Waals surface area contributed by atoms with E-state index >= 15 is 0 Å². The molecule has 0 unspecified atom stereocenters. The largest absolute Gasteiger partial charge is 0.0654 e. The Morgan fingerprint density at radius 3 is 1.79 bits per heavy atom. The molecule has 4 rings (SSSR count). The van der Waals surface area contributed by atoms with E-state index in [1.165, 1.54) is 82.8 Å². The van der Waals surface area contributed by atoms with Gasteiger partial charge in [-0.2, -0.15) is 0 Å². The smallest absolute Gasteiger partial charge is 0.00266 e. The molecule has 0 spiro atoms. The van der Waals surface area contributed by atoms with E-state index in [4.69, 9.17) is 0 Å². The van der Waals surface area contributed by atoms with Gasteiger partial charge < -0.3 is 0 Å². The molecule has 0 aliphatic rings. The molecule has 24 heavy (non-hydrogen) atoms. The lowest BCUT2D eigenvalue weighted by molar-refractivity contribution is 0.608. The zero-order chi connectivity index (χ0) is 16.4. The Morgan fingerprint density at radius 1 is 0.583 bits per heavy atom. The van der Waals surface area contributed by atoms with Crippen molar-refractivity contribution in [2.24, 2.45) is 0 Å². The van der Waals surface area contributed by atoms with Gasteiger partial charge in [-0.1, -0.05) is 93.6 Å². The summed E-state index contributed by atoms with van der Waals surface area (Å²) in [5.74, 6) is 0. The van der Waals surface area contributed by atoms with Gasteiger partial charge in [0, 0.05) is 0 Å². The van der Waals surface area contributed by atoms with Gasteiger partial charge in [-0.3, -0.25) is 0 Å². The SMILES string of the molecule is CCCCCCCCc1cc2ccc3cccc4ccc(c1)c2c34. The van der Waals surface area contributed by atoms with E-state index in [-0.39, 0.29) is 0 Å². The molecule has 0 N–H and O–H groups in total. The Hall–Kier alpha value is -2.08.